The molecule has 7 nitrogen and oxygen atoms in total. The fraction of sp³-hybridized carbons (Fsp3) is 0.533. The first-order valence-corrected chi connectivity index (χ1v) is 7.86. The molecule has 1 atom stereocenters. The van der Waals surface area contributed by atoms with Gasteiger partial charge in [-0.15, -0.1) is 0 Å². The fourth-order valence-electron chi connectivity index (χ4n) is 2.78. The maximum absolute atomic E-state index is 12.3. The van der Waals surface area contributed by atoms with Crippen molar-refractivity contribution in [3.63, 3.8) is 0 Å². The number of carbonyl (C=O) groups is 1. The van der Waals surface area contributed by atoms with E-state index in [9.17, 15) is 14.9 Å². The van der Waals surface area contributed by atoms with Crippen LogP contribution in [0, 0.1) is 10.1 Å². The van der Waals surface area contributed by atoms with Gasteiger partial charge >= 0.3 is 0 Å². The molecule has 1 aliphatic rings. The molecule has 0 radical (unpaired) electrons. The van der Waals surface area contributed by atoms with Gasteiger partial charge in [0.2, 0.25) is 0 Å². The molecule has 0 saturated carbocycles. The molecule has 0 spiro atoms. The number of nitrogens with zero attached hydrogens (tertiary/aromatic N) is 2. The molecule has 1 saturated heterocycles. The first kappa shape index (κ1) is 17.7. The van der Waals surface area contributed by atoms with Gasteiger partial charge in [-0.2, -0.15) is 0 Å². The summed E-state index contributed by atoms with van der Waals surface area (Å²) in [6.45, 7) is 2.88. The van der Waals surface area contributed by atoms with Crippen LogP contribution in [0.3, 0.4) is 0 Å². The summed E-state index contributed by atoms with van der Waals surface area (Å²) < 4.78 is 5.08. The molecule has 1 fully saturated rings. The molecular weight excluding hydrogens is 322 g/mol. The van der Waals surface area contributed by atoms with E-state index in [0.717, 1.165) is 25.9 Å². The summed E-state index contributed by atoms with van der Waals surface area (Å²) in [6.07, 6.45) is 2.06. The topological polar surface area (TPSA) is 84.7 Å². The quantitative estimate of drug-likeness (QED) is 0.606. The lowest BCUT2D eigenvalue weighted by atomic mass is 10.1. The lowest BCUT2D eigenvalue weighted by Crippen LogP contribution is -2.41. The number of hydrogen-bond donors (Lipinski definition) is 1. The van der Waals surface area contributed by atoms with Crippen LogP contribution >= 0.6 is 11.6 Å². The summed E-state index contributed by atoms with van der Waals surface area (Å²) >= 11 is 5.85. The van der Waals surface area contributed by atoms with Gasteiger partial charge in [0.05, 0.1) is 11.5 Å². The number of nitrogens with one attached hydrogen (secondary N) is 1. The predicted octanol–water partition coefficient (Wildman–Crippen LogP) is 2.09. The molecule has 8 heteroatoms. The Morgan fingerprint density at radius 2 is 2.35 bits per heavy atom. The average molecular weight is 342 g/mol. The summed E-state index contributed by atoms with van der Waals surface area (Å²) in [5, 5.41) is 14.1. The summed E-state index contributed by atoms with van der Waals surface area (Å²) in [6, 6.07) is 4.21. The lowest BCUT2D eigenvalue weighted by molar-refractivity contribution is -0.385. The van der Waals surface area contributed by atoms with Crippen LogP contribution in [0.1, 0.15) is 23.2 Å². The first-order chi connectivity index (χ1) is 11.0. The van der Waals surface area contributed by atoms with E-state index in [2.05, 4.69) is 10.2 Å². The van der Waals surface area contributed by atoms with Crippen LogP contribution in [-0.4, -0.2) is 55.1 Å². The third-order valence-electron chi connectivity index (χ3n) is 3.98. The molecule has 0 aliphatic carbocycles. The maximum atomic E-state index is 12.3. The van der Waals surface area contributed by atoms with E-state index >= 15 is 0 Å². The van der Waals surface area contributed by atoms with Crippen LogP contribution in [0.4, 0.5) is 5.69 Å². The van der Waals surface area contributed by atoms with Crippen molar-refractivity contribution in [1.82, 2.24) is 10.2 Å². The highest BCUT2D eigenvalue weighted by Crippen LogP contribution is 2.23. The van der Waals surface area contributed by atoms with Crippen molar-refractivity contribution in [3.8, 4) is 0 Å². The first-order valence-electron chi connectivity index (χ1n) is 7.48. The summed E-state index contributed by atoms with van der Waals surface area (Å²) in [5.74, 6) is -0.474. The van der Waals surface area contributed by atoms with Crippen LogP contribution in [-0.2, 0) is 4.74 Å². The third-order valence-corrected chi connectivity index (χ3v) is 4.21. The standard InChI is InChI=1S/C15H20ClN3O4/c1-23-8-7-18-6-2-3-12(18)10-17-15(20)13-9-11(16)4-5-14(13)19(21)22/h4-5,9,12H,2-3,6-8,10H2,1H3,(H,17,20)/t12-/m0/s1. The number of methoxy groups -OCH3 is 1. The molecule has 0 unspecified atom stereocenters. The number of likely N-dealkylation sites (tertiary alicyclic amines) is 1. The number of carbonyl (C=O) groups excluding carboxylic acids is 1. The Morgan fingerprint density at radius 3 is 3.04 bits per heavy atom. The molecule has 1 aromatic carbocycles. The molecule has 1 N–H and O–H groups in total. The number of amides is 1. The van der Waals surface area contributed by atoms with Gasteiger partial charge in [-0.05, 0) is 31.5 Å². The molecular formula is C15H20ClN3O4. The molecule has 1 heterocycles. The Morgan fingerprint density at radius 1 is 1.57 bits per heavy atom. The summed E-state index contributed by atoms with van der Waals surface area (Å²) in [5.41, 5.74) is -0.251. The zero-order valence-electron chi connectivity index (χ0n) is 13.0. The van der Waals surface area contributed by atoms with E-state index in [1.807, 2.05) is 0 Å². The van der Waals surface area contributed by atoms with E-state index in [0.29, 0.717) is 18.2 Å². The molecule has 23 heavy (non-hydrogen) atoms. The molecule has 2 rings (SSSR count). The largest absolute Gasteiger partial charge is 0.383 e. The van der Waals surface area contributed by atoms with Crippen LogP contribution in [0.5, 0.6) is 0 Å². The SMILES string of the molecule is COCCN1CCC[C@H]1CNC(=O)c1cc(Cl)ccc1[N+](=O)[O-]. The number of ether oxygens (including phenoxy) is 1. The van der Waals surface area contributed by atoms with Crippen molar-refractivity contribution >= 4 is 23.2 Å². The minimum atomic E-state index is -0.578. The van der Waals surface area contributed by atoms with E-state index in [1.54, 1.807) is 7.11 Å². The monoisotopic (exact) mass is 341 g/mol. The molecule has 126 valence electrons. The van der Waals surface area contributed by atoms with Gasteiger partial charge in [-0.1, -0.05) is 11.6 Å². The highest BCUT2D eigenvalue weighted by Gasteiger charge is 2.26. The smallest absolute Gasteiger partial charge is 0.282 e. The van der Waals surface area contributed by atoms with Gasteiger partial charge in [0.1, 0.15) is 5.56 Å². The van der Waals surface area contributed by atoms with Gasteiger partial charge in [0.25, 0.3) is 11.6 Å². The number of hydrogen-bond acceptors (Lipinski definition) is 5. The third kappa shape index (κ3) is 4.63. The van der Waals surface area contributed by atoms with Crippen molar-refractivity contribution in [1.29, 1.82) is 0 Å². The Bertz CT molecular complexity index is 582. The van der Waals surface area contributed by atoms with Gasteiger partial charge < -0.3 is 10.1 Å². The summed E-state index contributed by atoms with van der Waals surface area (Å²) in [4.78, 5) is 25.0. The Kier molecular flexibility index (Phi) is 6.32. The van der Waals surface area contributed by atoms with Crippen LogP contribution < -0.4 is 5.32 Å². The van der Waals surface area contributed by atoms with Gasteiger partial charge in [-0.3, -0.25) is 19.8 Å². The summed E-state index contributed by atoms with van der Waals surface area (Å²) in [7, 11) is 1.66. The number of rotatable bonds is 7. The number of halogens is 1. The maximum Gasteiger partial charge on any atom is 0.282 e. The van der Waals surface area contributed by atoms with Crippen LogP contribution in [0.2, 0.25) is 5.02 Å². The van der Waals surface area contributed by atoms with Crippen LogP contribution in [0.15, 0.2) is 18.2 Å². The molecule has 1 aromatic rings. The zero-order chi connectivity index (χ0) is 16.8. The van der Waals surface area contributed by atoms with Crippen molar-refractivity contribution < 1.29 is 14.5 Å². The second kappa shape index (κ2) is 8.24. The van der Waals surface area contributed by atoms with E-state index in [4.69, 9.17) is 16.3 Å². The Balaban J connectivity index is 1.99. The van der Waals surface area contributed by atoms with E-state index in [-0.39, 0.29) is 17.3 Å². The second-order valence-corrected chi connectivity index (χ2v) is 5.89. The molecule has 0 bridgehead atoms. The molecule has 0 aromatic heterocycles. The number of nitro groups is 1. The Hall–Kier alpha value is -1.70. The lowest BCUT2D eigenvalue weighted by Gasteiger charge is -2.24. The zero-order valence-corrected chi connectivity index (χ0v) is 13.7. The van der Waals surface area contributed by atoms with E-state index < -0.39 is 10.8 Å². The minimum absolute atomic E-state index is 0.0102. The average Bonchev–Trinajstić information content (AvgIpc) is 2.97. The highest BCUT2D eigenvalue weighted by atomic mass is 35.5. The minimum Gasteiger partial charge on any atom is -0.383 e. The number of benzene rings is 1. The molecule has 1 aliphatic heterocycles. The van der Waals surface area contributed by atoms with Crippen LogP contribution in [0.25, 0.3) is 0 Å². The Labute approximate surface area is 139 Å². The van der Waals surface area contributed by atoms with Gasteiger partial charge in [0, 0.05) is 37.3 Å². The van der Waals surface area contributed by atoms with Crippen molar-refractivity contribution in [2.24, 2.45) is 0 Å². The predicted molar refractivity (Wildman–Crippen MR) is 86.9 cm³/mol. The highest BCUT2D eigenvalue weighted by molar-refractivity contribution is 6.31. The van der Waals surface area contributed by atoms with Crippen molar-refractivity contribution in [2.75, 3.05) is 33.4 Å². The van der Waals surface area contributed by atoms with Crippen molar-refractivity contribution in [2.45, 2.75) is 18.9 Å². The molecule has 1 amide bonds. The number of nitro benzene ring substituents is 1. The van der Waals surface area contributed by atoms with E-state index in [1.165, 1.54) is 18.2 Å². The van der Waals surface area contributed by atoms with Crippen molar-refractivity contribution in [3.05, 3.63) is 38.9 Å². The van der Waals surface area contributed by atoms with Gasteiger partial charge in [0.15, 0.2) is 0 Å². The second-order valence-electron chi connectivity index (χ2n) is 5.45. The van der Waals surface area contributed by atoms with Gasteiger partial charge in [-0.25, -0.2) is 0 Å². The normalized spacial score (nSPS) is 18.1. The fourth-order valence-corrected chi connectivity index (χ4v) is 2.96.